The van der Waals surface area contributed by atoms with Gasteiger partial charge < -0.3 is 10.2 Å². The van der Waals surface area contributed by atoms with Gasteiger partial charge in [-0.25, -0.2) is 9.78 Å². The number of hydrogen-bond acceptors (Lipinski definition) is 5. The number of aromatic nitrogens is 3. The van der Waals surface area contributed by atoms with E-state index in [0.29, 0.717) is 5.56 Å². The predicted octanol–water partition coefficient (Wildman–Crippen LogP) is -0.934. The summed E-state index contributed by atoms with van der Waals surface area (Å²) in [6, 6.07) is 1.66. The number of carbonyl (C=O) groups excluding carboxylic acids is 1. The lowest BCUT2D eigenvalue weighted by atomic mass is 10.1. The Kier molecular flexibility index (Phi) is 3.77. The molecule has 0 spiro atoms. The van der Waals surface area contributed by atoms with Gasteiger partial charge in [0, 0.05) is 39.9 Å². The van der Waals surface area contributed by atoms with Gasteiger partial charge in [-0.15, -0.1) is 0 Å². The molecule has 3 heterocycles. The SMILES string of the molecule is CN(C(=O)c1cnc2c(c1)c(=O)n(C)c(=O)n2C)[C@@H]1CCNC1. The van der Waals surface area contributed by atoms with Crippen LogP contribution in [0.1, 0.15) is 16.8 Å². The number of fused-ring (bicyclic) bond motifs is 1. The van der Waals surface area contributed by atoms with E-state index in [0.717, 1.165) is 24.1 Å². The molecule has 0 unspecified atom stereocenters. The second-order valence-electron chi connectivity index (χ2n) is 5.86. The molecule has 23 heavy (non-hydrogen) atoms. The van der Waals surface area contributed by atoms with Crippen molar-refractivity contribution in [2.24, 2.45) is 14.1 Å². The molecule has 2 aromatic rings. The summed E-state index contributed by atoms with van der Waals surface area (Å²) in [5.74, 6) is -0.177. The summed E-state index contributed by atoms with van der Waals surface area (Å²) in [6.07, 6.45) is 2.32. The third-order valence-corrected chi connectivity index (χ3v) is 4.44. The first-order chi connectivity index (χ1) is 10.9. The average molecular weight is 317 g/mol. The fourth-order valence-corrected chi connectivity index (χ4v) is 2.92. The Morgan fingerprint density at radius 2 is 2.09 bits per heavy atom. The van der Waals surface area contributed by atoms with Crippen molar-refractivity contribution in [3.63, 3.8) is 0 Å². The number of aryl methyl sites for hydroxylation is 1. The topological polar surface area (TPSA) is 89.2 Å². The van der Waals surface area contributed by atoms with Gasteiger partial charge in [-0.05, 0) is 19.0 Å². The molecule has 0 aromatic carbocycles. The van der Waals surface area contributed by atoms with Gasteiger partial charge in [0.15, 0.2) is 0 Å². The fourth-order valence-electron chi connectivity index (χ4n) is 2.92. The van der Waals surface area contributed by atoms with Gasteiger partial charge in [0.2, 0.25) is 0 Å². The Hall–Kier alpha value is -2.48. The van der Waals surface area contributed by atoms with E-state index in [1.165, 1.54) is 23.9 Å². The molecular formula is C15H19N5O3. The molecule has 1 atom stereocenters. The standard InChI is InChI=1S/C15H19N5O3/c1-18(10-4-5-16-8-10)13(21)9-6-11-12(17-7-9)19(2)15(23)20(3)14(11)22/h6-7,10,16H,4-5,8H2,1-3H3/t10-/m1/s1. The van der Waals surface area contributed by atoms with Crippen LogP contribution in [-0.2, 0) is 14.1 Å². The fraction of sp³-hybridized carbons (Fsp3) is 0.467. The van der Waals surface area contributed by atoms with Gasteiger partial charge in [0.1, 0.15) is 5.65 Å². The molecule has 8 heteroatoms. The average Bonchev–Trinajstić information content (AvgIpc) is 3.10. The Bertz CT molecular complexity index is 892. The van der Waals surface area contributed by atoms with E-state index >= 15 is 0 Å². The Labute approximate surface area is 132 Å². The van der Waals surface area contributed by atoms with E-state index < -0.39 is 11.2 Å². The van der Waals surface area contributed by atoms with Crippen LogP contribution in [0.5, 0.6) is 0 Å². The van der Waals surface area contributed by atoms with Crippen LogP contribution in [0.15, 0.2) is 21.9 Å². The van der Waals surface area contributed by atoms with Crippen molar-refractivity contribution in [2.45, 2.75) is 12.5 Å². The third kappa shape index (κ3) is 2.44. The number of pyridine rings is 1. The molecule has 0 bridgehead atoms. The van der Waals surface area contributed by atoms with Gasteiger partial charge in [-0.3, -0.25) is 18.7 Å². The van der Waals surface area contributed by atoms with Crippen molar-refractivity contribution < 1.29 is 4.79 Å². The minimum atomic E-state index is -0.449. The Morgan fingerprint density at radius 1 is 1.35 bits per heavy atom. The molecule has 122 valence electrons. The number of likely N-dealkylation sites (N-methyl/N-ethyl adjacent to an activating group) is 1. The van der Waals surface area contributed by atoms with Crippen molar-refractivity contribution in [1.29, 1.82) is 0 Å². The molecule has 0 radical (unpaired) electrons. The number of hydrogen-bond donors (Lipinski definition) is 1. The number of carbonyl (C=O) groups is 1. The van der Waals surface area contributed by atoms with Gasteiger partial charge in [0.05, 0.1) is 10.9 Å². The quantitative estimate of drug-likeness (QED) is 0.773. The molecule has 0 saturated carbocycles. The van der Waals surface area contributed by atoms with Crippen LogP contribution < -0.4 is 16.6 Å². The summed E-state index contributed by atoms with van der Waals surface area (Å²) in [5, 5.41) is 3.48. The monoisotopic (exact) mass is 317 g/mol. The first-order valence-electron chi connectivity index (χ1n) is 7.45. The highest BCUT2D eigenvalue weighted by molar-refractivity contribution is 5.96. The highest BCUT2D eigenvalue weighted by Crippen LogP contribution is 2.13. The lowest BCUT2D eigenvalue weighted by molar-refractivity contribution is 0.0743. The van der Waals surface area contributed by atoms with Crippen LogP contribution in [0.3, 0.4) is 0 Å². The van der Waals surface area contributed by atoms with Gasteiger partial charge in [-0.1, -0.05) is 0 Å². The Balaban J connectivity index is 2.08. The minimum Gasteiger partial charge on any atom is -0.337 e. The molecule has 1 saturated heterocycles. The van der Waals surface area contributed by atoms with Crippen molar-refractivity contribution in [3.05, 3.63) is 38.7 Å². The van der Waals surface area contributed by atoms with Crippen molar-refractivity contribution in [2.75, 3.05) is 20.1 Å². The maximum Gasteiger partial charge on any atom is 0.332 e. The molecule has 2 aromatic heterocycles. The summed E-state index contributed by atoms with van der Waals surface area (Å²) in [4.78, 5) is 42.6. The van der Waals surface area contributed by atoms with Crippen molar-refractivity contribution in [3.8, 4) is 0 Å². The maximum atomic E-state index is 12.6. The van der Waals surface area contributed by atoms with E-state index in [-0.39, 0.29) is 23.0 Å². The van der Waals surface area contributed by atoms with Crippen LogP contribution in [0.2, 0.25) is 0 Å². The summed E-state index contributed by atoms with van der Waals surface area (Å²) >= 11 is 0. The molecular weight excluding hydrogens is 298 g/mol. The van der Waals surface area contributed by atoms with Crippen molar-refractivity contribution in [1.82, 2.24) is 24.3 Å². The van der Waals surface area contributed by atoms with Crippen LogP contribution in [0.25, 0.3) is 11.0 Å². The van der Waals surface area contributed by atoms with Crippen LogP contribution >= 0.6 is 0 Å². The molecule has 1 amide bonds. The molecule has 1 aliphatic heterocycles. The van der Waals surface area contributed by atoms with E-state index in [2.05, 4.69) is 10.3 Å². The van der Waals surface area contributed by atoms with E-state index in [1.807, 2.05) is 0 Å². The Morgan fingerprint density at radius 3 is 2.74 bits per heavy atom. The zero-order valence-corrected chi connectivity index (χ0v) is 13.4. The summed E-state index contributed by atoms with van der Waals surface area (Å²) in [7, 11) is 4.72. The zero-order chi connectivity index (χ0) is 16.7. The molecule has 1 N–H and O–H groups in total. The van der Waals surface area contributed by atoms with Gasteiger partial charge in [0.25, 0.3) is 11.5 Å². The normalized spacial score (nSPS) is 17.6. The zero-order valence-electron chi connectivity index (χ0n) is 13.4. The summed E-state index contributed by atoms with van der Waals surface area (Å²) < 4.78 is 2.32. The molecule has 1 aliphatic rings. The third-order valence-electron chi connectivity index (χ3n) is 4.44. The predicted molar refractivity (Wildman–Crippen MR) is 85.6 cm³/mol. The largest absolute Gasteiger partial charge is 0.337 e. The summed E-state index contributed by atoms with van der Waals surface area (Å²) in [5.41, 5.74) is -0.263. The smallest absolute Gasteiger partial charge is 0.332 e. The summed E-state index contributed by atoms with van der Waals surface area (Å²) in [6.45, 7) is 1.65. The van der Waals surface area contributed by atoms with Crippen LogP contribution in [0, 0.1) is 0 Å². The molecule has 1 fully saturated rings. The highest BCUT2D eigenvalue weighted by Gasteiger charge is 2.24. The second kappa shape index (κ2) is 5.62. The number of rotatable bonds is 2. The van der Waals surface area contributed by atoms with Crippen LogP contribution in [-0.4, -0.2) is 51.1 Å². The van der Waals surface area contributed by atoms with Crippen molar-refractivity contribution >= 4 is 16.9 Å². The number of nitrogens with one attached hydrogen (secondary N) is 1. The van der Waals surface area contributed by atoms with E-state index in [9.17, 15) is 14.4 Å². The number of nitrogens with zero attached hydrogens (tertiary/aromatic N) is 4. The van der Waals surface area contributed by atoms with E-state index in [1.54, 1.807) is 19.0 Å². The first kappa shape index (κ1) is 15.4. The van der Waals surface area contributed by atoms with Crippen LogP contribution in [0.4, 0.5) is 0 Å². The first-order valence-corrected chi connectivity index (χ1v) is 7.45. The number of amides is 1. The molecule has 0 aliphatic carbocycles. The maximum absolute atomic E-state index is 12.6. The lowest BCUT2D eigenvalue weighted by Crippen LogP contribution is -2.39. The minimum absolute atomic E-state index is 0.140. The second-order valence-corrected chi connectivity index (χ2v) is 5.86. The molecule has 3 rings (SSSR count). The van der Waals surface area contributed by atoms with Gasteiger partial charge in [-0.2, -0.15) is 0 Å². The highest BCUT2D eigenvalue weighted by atomic mass is 16.2. The van der Waals surface area contributed by atoms with E-state index in [4.69, 9.17) is 0 Å². The lowest BCUT2D eigenvalue weighted by Gasteiger charge is -2.23. The van der Waals surface area contributed by atoms with Gasteiger partial charge >= 0.3 is 5.69 Å². The molecule has 8 nitrogen and oxygen atoms in total.